The number of aromatic nitrogens is 2. The van der Waals surface area contributed by atoms with Gasteiger partial charge in [0.25, 0.3) is 0 Å². The van der Waals surface area contributed by atoms with E-state index < -0.39 is 0 Å². The third-order valence-electron chi connectivity index (χ3n) is 3.63. The number of halogens is 2. The molecule has 0 fully saturated rings. The summed E-state index contributed by atoms with van der Waals surface area (Å²) in [5.41, 5.74) is 3.94. The van der Waals surface area contributed by atoms with Gasteiger partial charge in [-0.15, -0.1) is 0 Å². The normalized spacial score (nSPS) is 11.0. The van der Waals surface area contributed by atoms with Gasteiger partial charge >= 0.3 is 0 Å². The Kier molecular flexibility index (Phi) is 3.83. The molecular weight excluding hydrogens is 303 g/mol. The number of hydrogen-bond acceptors (Lipinski definition) is 2. The van der Waals surface area contributed by atoms with Gasteiger partial charge in [-0.25, -0.2) is 9.97 Å². The van der Waals surface area contributed by atoms with Crippen molar-refractivity contribution < 1.29 is 0 Å². The van der Waals surface area contributed by atoms with Crippen molar-refractivity contribution in [1.29, 1.82) is 0 Å². The first-order chi connectivity index (χ1) is 10.1. The number of fused-ring (bicyclic) bond motifs is 1. The second-order valence-electron chi connectivity index (χ2n) is 4.96. The van der Waals surface area contributed by atoms with Crippen LogP contribution in [0.5, 0.6) is 0 Å². The Balaban J connectivity index is 2.23. The molecule has 0 amide bonds. The van der Waals surface area contributed by atoms with Crippen LogP contribution >= 0.6 is 23.2 Å². The molecule has 0 aliphatic rings. The average molecular weight is 317 g/mol. The Morgan fingerprint density at radius 2 is 1.86 bits per heavy atom. The zero-order valence-corrected chi connectivity index (χ0v) is 13.3. The molecule has 3 aromatic rings. The second kappa shape index (κ2) is 5.63. The molecule has 21 heavy (non-hydrogen) atoms. The summed E-state index contributed by atoms with van der Waals surface area (Å²) in [7, 11) is 0. The largest absolute Gasteiger partial charge is 0.228 e. The summed E-state index contributed by atoms with van der Waals surface area (Å²) in [6.45, 7) is 4.07. The number of rotatable bonds is 2. The fraction of sp³-hybridized carbons (Fsp3) is 0.176. The van der Waals surface area contributed by atoms with Crippen molar-refractivity contribution in [2.24, 2.45) is 0 Å². The highest BCUT2D eigenvalue weighted by Gasteiger charge is 2.11. The van der Waals surface area contributed by atoms with Crippen molar-refractivity contribution in [3.8, 4) is 11.4 Å². The molecule has 0 atom stereocenters. The van der Waals surface area contributed by atoms with Gasteiger partial charge in [0.1, 0.15) is 5.15 Å². The third kappa shape index (κ3) is 2.61. The minimum absolute atomic E-state index is 0.477. The Morgan fingerprint density at radius 1 is 1.05 bits per heavy atom. The maximum atomic E-state index is 6.35. The molecule has 0 spiro atoms. The molecule has 4 heteroatoms. The van der Waals surface area contributed by atoms with Crippen molar-refractivity contribution in [2.45, 2.75) is 20.3 Å². The van der Waals surface area contributed by atoms with Crippen LogP contribution in [-0.2, 0) is 6.42 Å². The van der Waals surface area contributed by atoms with Crippen LogP contribution in [0.4, 0.5) is 0 Å². The fourth-order valence-electron chi connectivity index (χ4n) is 2.33. The summed E-state index contributed by atoms with van der Waals surface area (Å²) in [4.78, 5) is 9.07. The Bertz CT molecular complexity index is 828. The predicted octanol–water partition coefficient (Wildman–Crippen LogP) is 5.47. The topological polar surface area (TPSA) is 25.8 Å². The first-order valence-corrected chi connectivity index (χ1v) is 7.57. The average Bonchev–Trinajstić information content (AvgIpc) is 2.49. The lowest BCUT2D eigenvalue weighted by Crippen LogP contribution is -1.95. The van der Waals surface area contributed by atoms with Gasteiger partial charge in [-0.05, 0) is 42.7 Å². The van der Waals surface area contributed by atoms with Gasteiger partial charge in [0.2, 0.25) is 0 Å². The predicted molar refractivity (Wildman–Crippen MR) is 89.1 cm³/mol. The number of aryl methyl sites for hydroxylation is 1. The molecule has 106 valence electrons. The molecule has 0 bridgehead atoms. The van der Waals surface area contributed by atoms with Gasteiger partial charge in [0.15, 0.2) is 5.82 Å². The van der Waals surface area contributed by atoms with Crippen molar-refractivity contribution >= 4 is 34.1 Å². The number of nitrogens with zero attached hydrogens (tertiary/aromatic N) is 2. The summed E-state index contributed by atoms with van der Waals surface area (Å²) in [6.07, 6.45) is 0.960. The van der Waals surface area contributed by atoms with Crippen LogP contribution in [0, 0.1) is 6.92 Å². The van der Waals surface area contributed by atoms with E-state index in [1.165, 1.54) is 5.56 Å². The first kappa shape index (κ1) is 14.3. The van der Waals surface area contributed by atoms with E-state index >= 15 is 0 Å². The van der Waals surface area contributed by atoms with Gasteiger partial charge in [-0.2, -0.15) is 0 Å². The van der Waals surface area contributed by atoms with Crippen LogP contribution in [0.2, 0.25) is 10.2 Å². The third-order valence-corrected chi connectivity index (χ3v) is 4.33. The van der Waals surface area contributed by atoms with Crippen molar-refractivity contribution in [3.63, 3.8) is 0 Å². The molecular formula is C17H14Cl2N2. The highest BCUT2D eigenvalue weighted by atomic mass is 35.5. The molecule has 3 rings (SSSR count). The van der Waals surface area contributed by atoms with E-state index in [1.54, 1.807) is 0 Å². The summed E-state index contributed by atoms with van der Waals surface area (Å²) in [5, 5.41) is 2.07. The lowest BCUT2D eigenvalue weighted by Gasteiger charge is -2.09. The van der Waals surface area contributed by atoms with Crippen molar-refractivity contribution in [1.82, 2.24) is 9.97 Å². The molecule has 0 aliphatic heterocycles. The van der Waals surface area contributed by atoms with Gasteiger partial charge < -0.3 is 0 Å². The maximum absolute atomic E-state index is 6.35. The summed E-state index contributed by atoms with van der Waals surface area (Å²) >= 11 is 12.5. The van der Waals surface area contributed by atoms with Gasteiger partial charge in [0, 0.05) is 16.0 Å². The van der Waals surface area contributed by atoms with E-state index in [0.29, 0.717) is 16.0 Å². The van der Waals surface area contributed by atoms with E-state index in [0.717, 1.165) is 28.5 Å². The first-order valence-electron chi connectivity index (χ1n) is 6.82. The monoisotopic (exact) mass is 316 g/mol. The summed E-state index contributed by atoms with van der Waals surface area (Å²) < 4.78 is 0. The molecule has 2 nitrogen and oxygen atoms in total. The zero-order valence-electron chi connectivity index (χ0n) is 11.8. The molecule has 0 saturated heterocycles. The Labute approximate surface area is 133 Å². The quantitative estimate of drug-likeness (QED) is 0.585. The minimum atomic E-state index is 0.477. The second-order valence-corrected chi connectivity index (χ2v) is 5.72. The highest BCUT2D eigenvalue weighted by molar-refractivity contribution is 6.34. The van der Waals surface area contributed by atoms with Crippen LogP contribution in [0.25, 0.3) is 22.3 Å². The van der Waals surface area contributed by atoms with E-state index in [2.05, 4.69) is 23.0 Å². The molecule has 1 aromatic heterocycles. The Hall–Kier alpha value is -1.64. The van der Waals surface area contributed by atoms with E-state index in [-0.39, 0.29) is 0 Å². The summed E-state index contributed by atoms with van der Waals surface area (Å²) in [5.74, 6) is 0.608. The zero-order chi connectivity index (χ0) is 15.0. The molecule has 0 saturated carbocycles. The van der Waals surface area contributed by atoms with E-state index in [4.69, 9.17) is 23.2 Å². The molecule has 0 N–H and O–H groups in total. The Morgan fingerprint density at radius 3 is 2.62 bits per heavy atom. The minimum Gasteiger partial charge on any atom is -0.228 e. The van der Waals surface area contributed by atoms with Gasteiger partial charge in [-0.3, -0.25) is 0 Å². The number of hydrogen-bond donors (Lipinski definition) is 0. The van der Waals surface area contributed by atoms with Crippen LogP contribution in [0.3, 0.4) is 0 Å². The van der Waals surface area contributed by atoms with Crippen LogP contribution in [0.15, 0.2) is 36.4 Å². The van der Waals surface area contributed by atoms with Gasteiger partial charge in [0.05, 0.1) is 5.52 Å². The molecule has 0 radical (unpaired) electrons. The standard InChI is InChI=1S/C17H14Cl2N2/c1-3-11-7-8-15-13(9-11)16(19)21-17(20-15)12-5-4-6-14(18)10(12)2/h4-9H,3H2,1-2H3. The van der Waals surface area contributed by atoms with Crippen LogP contribution in [0.1, 0.15) is 18.1 Å². The maximum Gasteiger partial charge on any atom is 0.161 e. The fourth-order valence-corrected chi connectivity index (χ4v) is 2.73. The lowest BCUT2D eigenvalue weighted by atomic mass is 10.1. The molecule has 0 unspecified atom stereocenters. The van der Waals surface area contributed by atoms with Gasteiger partial charge in [-0.1, -0.05) is 48.3 Å². The molecule has 1 heterocycles. The van der Waals surface area contributed by atoms with Crippen molar-refractivity contribution in [2.75, 3.05) is 0 Å². The summed E-state index contributed by atoms with van der Waals surface area (Å²) in [6, 6.07) is 11.8. The SMILES string of the molecule is CCc1ccc2nc(-c3cccc(Cl)c3C)nc(Cl)c2c1. The molecule has 2 aromatic carbocycles. The molecule has 0 aliphatic carbocycles. The highest BCUT2D eigenvalue weighted by Crippen LogP contribution is 2.30. The lowest BCUT2D eigenvalue weighted by molar-refractivity contribution is 1.14. The smallest absolute Gasteiger partial charge is 0.161 e. The van der Waals surface area contributed by atoms with Crippen molar-refractivity contribution in [3.05, 3.63) is 57.7 Å². The van der Waals surface area contributed by atoms with Crippen LogP contribution < -0.4 is 0 Å². The number of benzene rings is 2. The van der Waals surface area contributed by atoms with E-state index in [9.17, 15) is 0 Å². The van der Waals surface area contributed by atoms with Crippen LogP contribution in [-0.4, -0.2) is 9.97 Å². The van der Waals surface area contributed by atoms with E-state index in [1.807, 2.05) is 37.3 Å².